The molecule has 194 valence electrons. The van der Waals surface area contributed by atoms with Gasteiger partial charge in [-0.05, 0) is 59.3 Å². The van der Waals surface area contributed by atoms with Gasteiger partial charge in [0.2, 0.25) is 5.91 Å². The maximum atomic E-state index is 13.8. The molecule has 3 rings (SSSR count). The Bertz CT molecular complexity index is 1280. The molecule has 0 fully saturated rings. The number of hydrogen-bond donors (Lipinski definition) is 2. The molecule has 10 heteroatoms. The number of ether oxygens (including phenoxy) is 1. The number of halogens is 2. The van der Waals surface area contributed by atoms with E-state index in [0.29, 0.717) is 32.9 Å². The minimum atomic E-state index is -1.16. The van der Waals surface area contributed by atoms with Gasteiger partial charge in [0.1, 0.15) is 18.9 Å². The van der Waals surface area contributed by atoms with Gasteiger partial charge in [-0.1, -0.05) is 24.3 Å². The van der Waals surface area contributed by atoms with Crippen LogP contribution in [0.25, 0.3) is 11.1 Å². The lowest BCUT2D eigenvalue weighted by Crippen LogP contribution is -2.41. The zero-order chi connectivity index (χ0) is 26.9. The summed E-state index contributed by atoms with van der Waals surface area (Å²) >= 11 is 1.32. The summed E-state index contributed by atoms with van der Waals surface area (Å²) in [6.07, 6.45) is 1.79. The van der Waals surface area contributed by atoms with Crippen molar-refractivity contribution in [2.45, 2.75) is 18.4 Å². The van der Waals surface area contributed by atoms with Crippen LogP contribution in [0.2, 0.25) is 0 Å². The zero-order valence-electron chi connectivity index (χ0n) is 20.3. The highest BCUT2D eigenvalue weighted by atomic mass is 32.2. The van der Waals surface area contributed by atoms with Crippen LogP contribution >= 0.6 is 11.8 Å². The number of thioether (sulfide) groups is 1. The van der Waals surface area contributed by atoms with Crippen molar-refractivity contribution in [3.63, 3.8) is 0 Å². The van der Waals surface area contributed by atoms with Crippen molar-refractivity contribution in [3.8, 4) is 16.9 Å². The van der Waals surface area contributed by atoms with E-state index in [1.54, 1.807) is 54.8 Å². The van der Waals surface area contributed by atoms with E-state index in [1.165, 1.54) is 30.8 Å². The smallest absolute Gasteiger partial charge is 0.323 e. The van der Waals surface area contributed by atoms with E-state index in [4.69, 9.17) is 9.84 Å². The normalized spacial score (nSPS) is 10.6. The quantitative estimate of drug-likeness (QED) is 0.354. The number of aliphatic carboxylic acids is 1. The summed E-state index contributed by atoms with van der Waals surface area (Å²) in [7, 11) is 0. The molecule has 0 spiro atoms. The van der Waals surface area contributed by atoms with Gasteiger partial charge in [0.05, 0.1) is 0 Å². The number of nitrogens with one attached hydrogen (secondary N) is 1. The molecule has 2 amide bonds. The molecule has 7 nitrogen and oxygen atoms in total. The average molecular weight is 529 g/mol. The van der Waals surface area contributed by atoms with Crippen molar-refractivity contribution in [1.82, 2.24) is 10.2 Å². The molecule has 0 radical (unpaired) electrons. The summed E-state index contributed by atoms with van der Waals surface area (Å²) in [6.45, 7) is 1.17. The van der Waals surface area contributed by atoms with Gasteiger partial charge in [-0.15, -0.1) is 11.8 Å². The third kappa shape index (κ3) is 7.78. The number of carbonyl (C=O) groups is 3. The second-order valence-electron chi connectivity index (χ2n) is 8.08. The maximum absolute atomic E-state index is 13.8. The molecule has 0 heterocycles. The fraction of sp³-hybridized carbons (Fsp3) is 0.222. The van der Waals surface area contributed by atoms with E-state index >= 15 is 0 Å². The zero-order valence-corrected chi connectivity index (χ0v) is 21.1. The van der Waals surface area contributed by atoms with Crippen molar-refractivity contribution >= 4 is 29.5 Å². The summed E-state index contributed by atoms with van der Waals surface area (Å²) in [5.74, 6) is -3.18. The molecular formula is C27H26F2N2O5S. The molecule has 0 aromatic heterocycles. The van der Waals surface area contributed by atoms with Crippen LogP contribution in [0.3, 0.4) is 0 Å². The van der Waals surface area contributed by atoms with Crippen molar-refractivity contribution < 1.29 is 33.0 Å². The van der Waals surface area contributed by atoms with Gasteiger partial charge in [-0.25, -0.2) is 8.78 Å². The Morgan fingerprint density at radius 3 is 2.38 bits per heavy atom. The topological polar surface area (TPSA) is 95.9 Å². The first-order valence-electron chi connectivity index (χ1n) is 11.3. The Balaban J connectivity index is 1.68. The Morgan fingerprint density at radius 1 is 1.03 bits per heavy atom. The molecule has 3 aromatic rings. The van der Waals surface area contributed by atoms with Crippen LogP contribution in [0.15, 0.2) is 65.6 Å². The Labute approximate surface area is 217 Å². The summed E-state index contributed by atoms with van der Waals surface area (Å²) < 4.78 is 33.2. The predicted octanol–water partition coefficient (Wildman–Crippen LogP) is 4.60. The summed E-state index contributed by atoms with van der Waals surface area (Å²) in [6, 6.07) is 15.9. The fourth-order valence-corrected chi connectivity index (χ4v) is 4.20. The van der Waals surface area contributed by atoms with E-state index in [2.05, 4.69) is 5.32 Å². The van der Waals surface area contributed by atoms with Crippen molar-refractivity contribution in [2.75, 3.05) is 25.9 Å². The Morgan fingerprint density at radius 2 is 1.73 bits per heavy atom. The second kappa shape index (κ2) is 12.9. The molecule has 0 aliphatic rings. The minimum Gasteiger partial charge on any atom is -0.489 e. The van der Waals surface area contributed by atoms with Gasteiger partial charge in [0.15, 0.2) is 11.6 Å². The first kappa shape index (κ1) is 27.7. The van der Waals surface area contributed by atoms with Gasteiger partial charge in [-0.3, -0.25) is 14.4 Å². The molecule has 0 bridgehead atoms. The van der Waals surface area contributed by atoms with E-state index in [0.717, 1.165) is 4.90 Å². The summed E-state index contributed by atoms with van der Waals surface area (Å²) in [4.78, 5) is 37.0. The molecule has 0 aliphatic carbocycles. The molecule has 0 atom stereocenters. The molecular weight excluding hydrogens is 502 g/mol. The third-order valence-electron chi connectivity index (χ3n) is 5.36. The highest BCUT2D eigenvalue weighted by Crippen LogP contribution is 2.33. The third-order valence-corrected chi connectivity index (χ3v) is 6.13. The number of carbonyl (C=O) groups excluding carboxylic acids is 2. The van der Waals surface area contributed by atoms with Crippen LogP contribution in [-0.2, 0) is 16.2 Å². The van der Waals surface area contributed by atoms with Crippen LogP contribution in [0.1, 0.15) is 22.8 Å². The first-order valence-corrected chi connectivity index (χ1v) is 12.5. The van der Waals surface area contributed by atoms with E-state index < -0.39 is 30.1 Å². The van der Waals surface area contributed by atoms with Gasteiger partial charge < -0.3 is 20.1 Å². The lowest BCUT2D eigenvalue weighted by Gasteiger charge is -2.21. The highest BCUT2D eigenvalue weighted by Gasteiger charge is 2.19. The highest BCUT2D eigenvalue weighted by molar-refractivity contribution is 7.98. The number of benzene rings is 3. The fourth-order valence-electron chi connectivity index (χ4n) is 3.58. The monoisotopic (exact) mass is 528 g/mol. The average Bonchev–Trinajstić information content (AvgIpc) is 2.88. The predicted molar refractivity (Wildman–Crippen MR) is 137 cm³/mol. The lowest BCUT2D eigenvalue weighted by atomic mass is 10.1. The molecule has 3 aromatic carbocycles. The van der Waals surface area contributed by atoms with Crippen molar-refractivity contribution in [3.05, 3.63) is 83.4 Å². The number of carboxylic acids is 1. The van der Waals surface area contributed by atoms with Crippen LogP contribution in [0.5, 0.6) is 5.75 Å². The van der Waals surface area contributed by atoms with E-state index in [1.807, 2.05) is 0 Å². The first-order chi connectivity index (χ1) is 17.7. The second-order valence-corrected chi connectivity index (χ2v) is 8.93. The number of hydrogen-bond acceptors (Lipinski definition) is 5. The van der Waals surface area contributed by atoms with Crippen LogP contribution in [0.4, 0.5) is 8.78 Å². The SMILES string of the molecule is CSc1cc(F)c(F)cc1-c1ccc(OCc2cccc(C(=O)N(CCNC(C)=O)CC(=O)O)c2)cc1. The summed E-state index contributed by atoms with van der Waals surface area (Å²) in [5, 5.41) is 11.7. The number of carboxylic acid groups (broad SMARTS) is 1. The number of rotatable bonds is 11. The molecule has 0 saturated heterocycles. The van der Waals surface area contributed by atoms with Crippen LogP contribution in [-0.4, -0.2) is 53.7 Å². The largest absolute Gasteiger partial charge is 0.489 e. The molecule has 0 unspecified atom stereocenters. The Hall–Kier alpha value is -3.92. The van der Waals surface area contributed by atoms with Gasteiger partial charge in [-0.2, -0.15) is 0 Å². The van der Waals surface area contributed by atoms with Gasteiger partial charge in [0.25, 0.3) is 5.91 Å². The molecule has 2 N–H and O–H groups in total. The number of amides is 2. The van der Waals surface area contributed by atoms with Gasteiger partial charge in [0, 0.05) is 30.5 Å². The molecule has 0 aliphatic heterocycles. The number of nitrogens with zero attached hydrogens (tertiary/aromatic N) is 1. The van der Waals surface area contributed by atoms with Crippen molar-refractivity contribution in [2.24, 2.45) is 0 Å². The van der Waals surface area contributed by atoms with E-state index in [9.17, 15) is 23.2 Å². The standard InChI is InChI=1S/C27H26F2N2O5S/c1-17(32)30-10-11-31(15-26(33)34)27(35)20-5-3-4-18(12-20)16-36-21-8-6-19(7-9-21)22-13-23(28)24(29)14-25(22)37-2/h3-9,12-14H,10-11,15-16H2,1-2H3,(H,30,32)(H,33,34). The Kier molecular flexibility index (Phi) is 9.62. The molecule has 37 heavy (non-hydrogen) atoms. The van der Waals surface area contributed by atoms with Gasteiger partial charge >= 0.3 is 5.97 Å². The summed E-state index contributed by atoms with van der Waals surface area (Å²) in [5.41, 5.74) is 2.27. The lowest BCUT2D eigenvalue weighted by molar-refractivity contribution is -0.137. The minimum absolute atomic E-state index is 0.0496. The van der Waals surface area contributed by atoms with Crippen LogP contribution < -0.4 is 10.1 Å². The maximum Gasteiger partial charge on any atom is 0.323 e. The molecule has 0 saturated carbocycles. The van der Waals surface area contributed by atoms with Crippen LogP contribution in [0, 0.1) is 11.6 Å². The van der Waals surface area contributed by atoms with E-state index in [-0.39, 0.29) is 25.6 Å². The van der Waals surface area contributed by atoms with Crippen molar-refractivity contribution in [1.29, 1.82) is 0 Å².